The largest absolute Gasteiger partial charge is 0.463 e. The van der Waals surface area contributed by atoms with Gasteiger partial charge in [0.1, 0.15) is 0 Å². The Bertz CT molecular complexity index is 342. The molecule has 0 radical (unpaired) electrons. The number of hydrogen-bond donors (Lipinski definition) is 1. The van der Waals surface area contributed by atoms with Crippen LogP contribution in [0.5, 0.6) is 0 Å². The van der Waals surface area contributed by atoms with Crippen molar-refractivity contribution in [1.29, 1.82) is 0 Å². The second-order valence-corrected chi connectivity index (χ2v) is 5.71. The first-order chi connectivity index (χ1) is 9.14. The summed E-state index contributed by atoms with van der Waals surface area (Å²) in [7, 11) is 0. The lowest BCUT2D eigenvalue weighted by atomic mass is 9.71. The van der Waals surface area contributed by atoms with E-state index in [9.17, 15) is 9.90 Å². The first-order valence-corrected chi connectivity index (χ1v) is 7.42. The highest BCUT2D eigenvalue weighted by molar-refractivity contribution is 5.81. The Morgan fingerprint density at radius 1 is 1.47 bits per heavy atom. The van der Waals surface area contributed by atoms with Gasteiger partial charge < -0.3 is 9.84 Å². The number of esters is 1. The normalized spacial score (nSPS) is 32.2. The van der Waals surface area contributed by atoms with Crippen LogP contribution in [-0.2, 0) is 9.53 Å². The van der Waals surface area contributed by atoms with Crippen molar-refractivity contribution in [2.24, 2.45) is 5.92 Å². The van der Waals surface area contributed by atoms with Crippen LogP contribution in [0.25, 0.3) is 0 Å². The molecule has 1 aliphatic heterocycles. The molecular formula is C15H25NO3. The standard InChI is InChI=1S/C15H25NO3/c1-2-19-14(17)7-5-10-16-11-9-15(18)8-4-3-6-13(15)12-16/h5,7,13,18H,2-4,6,8-12H2,1H3/b7-5+. The molecule has 19 heavy (non-hydrogen) atoms. The maximum absolute atomic E-state index is 11.2. The summed E-state index contributed by atoms with van der Waals surface area (Å²) >= 11 is 0. The van der Waals surface area contributed by atoms with Crippen LogP contribution in [0.4, 0.5) is 0 Å². The molecule has 2 rings (SSSR count). The molecule has 108 valence electrons. The van der Waals surface area contributed by atoms with Crippen LogP contribution in [-0.4, -0.2) is 47.8 Å². The van der Waals surface area contributed by atoms with Gasteiger partial charge in [-0.05, 0) is 26.2 Å². The van der Waals surface area contributed by atoms with Crippen molar-refractivity contribution in [3.8, 4) is 0 Å². The molecule has 4 heteroatoms. The van der Waals surface area contributed by atoms with Gasteiger partial charge in [-0.25, -0.2) is 4.79 Å². The number of hydrogen-bond acceptors (Lipinski definition) is 4. The number of carbonyl (C=O) groups is 1. The van der Waals surface area contributed by atoms with Gasteiger partial charge >= 0.3 is 5.97 Å². The Labute approximate surface area is 115 Å². The van der Waals surface area contributed by atoms with Crippen LogP contribution in [0.15, 0.2) is 12.2 Å². The average Bonchev–Trinajstić information content (AvgIpc) is 2.39. The van der Waals surface area contributed by atoms with Gasteiger partial charge in [-0.3, -0.25) is 4.90 Å². The molecule has 1 aliphatic carbocycles. The van der Waals surface area contributed by atoms with Crippen LogP contribution >= 0.6 is 0 Å². The number of nitrogens with zero attached hydrogens (tertiary/aromatic N) is 1. The highest BCUT2D eigenvalue weighted by Crippen LogP contribution is 2.39. The maximum Gasteiger partial charge on any atom is 0.330 e. The van der Waals surface area contributed by atoms with Crippen molar-refractivity contribution >= 4 is 5.97 Å². The molecule has 0 bridgehead atoms. The summed E-state index contributed by atoms with van der Waals surface area (Å²) in [6.07, 6.45) is 8.73. The monoisotopic (exact) mass is 267 g/mol. The molecule has 0 aromatic heterocycles. The zero-order valence-corrected chi connectivity index (χ0v) is 11.8. The van der Waals surface area contributed by atoms with Crippen molar-refractivity contribution < 1.29 is 14.6 Å². The fraction of sp³-hybridized carbons (Fsp3) is 0.800. The smallest absolute Gasteiger partial charge is 0.330 e. The second kappa shape index (κ2) is 6.53. The Kier molecular flexibility index (Phi) is 4.99. The van der Waals surface area contributed by atoms with Crippen molar-refractivity contribution in [1.82, 2.24) is 4.90 Å². The molecule has 1 heterocycles. The number of fused-ring (bicyclic) bond motifs is 1. The average molecular weight is 267 g/mol. The van der Waals surface area contributed by atoms with Gasteiger partial charge in [-0.1, -0.05) is 18.9 Å². The van der Waals surface area contributed by atoms with Crippen LogP contribution < -0.4 is 0 Å². The van der Waals surface area contributed by atoms with Gasteiger partial charge in [0.2, 0.25) is 0 Å². The number of carbonyl (C=O) groups excluding carboxylic acids is 1. The predicted octanol–water partition coefficient (Wildman–Crippen LogP) is 1.73. The van der Waals surface area contributed by atoms with Crippen molar-refractivity contribution in [3.63, 3.8) is 0 Å². The van der Waals surface area contributed by atoms with Gasteiger partial charge in [0.05, 0.1) is 12.2 Å². The van der Waals surface area contributed by atoms with Gasteiger partial charge in [-0.15, -0.1) is 0 Å². The maximum atomic E-state index is 11.2. The van der Waals surface area contributed by atoms with Crippen molar-refractivity contribution in [3.05, 3.63) is 12.2 Å². The second-order valence-electron chi connectivity index (χ2n) is 5.71. The summed E-state index contributed by atoms with van der Waals surface area (Å²) in [6, 6.07) is 0. The molecule has 0 aromatic rings. The number of rotatable bonds is 4. The minimum Gasteiger partial charge on any atom is -0.463 e. The van der Waals surface area contributed by atoms with E-state index in [1.165, 1.54) is 12.5 Å². The van der Waals surface area contributed by atoms with E-state index in [2.05, 4.69) is 4.90 Å². The summed E-state index contributed by atoms with van der Waals surface area (Å²) in [5.41, 5.74) is -0.417. The van der Waals surface area contributed by atoms with E-state index in [0.29, 0.717) is 12.5 Å². The van der Waals surface area contributed by atoms with Crippen LogP contribution in [0.1, 0.15) is 39.0 Å². The summed E-state index contributed by atoms with van der Waals surface area (Å²) in [5, 5.41) is 10.6. The lowest BCUT2D eigenvalue weighted by Crippen LogP contribution is -2.53. The molecule has 2 aliphatic rings. The SMILES string of the molecule is CCOC(=O)/C=C/CN1CCC2(O)CCCCC2C1. The first-order valence-electron chi connectivity index (χ1n) is 7.42. The zero-order valence-electron chi connectivity index (χ0n) is 11.8. The van der Waals surface area contributed by atoms with E-state index >= 15 is 0 Å². The van der Waals surface area contributed by atoms with Crippen LogP contribution in [0, 0.1) is 5.92 Å². The summed E-state index contributed by atoms with van der Waals surface area (Å²) in [6.45, 7) is 4.86. The van der Waals surface area contributed by atoms with Gasteiger partial charge in [-0.2, -0.15) is 0 Å². The van der Waals surface area contributed by atoms with Gasteiger partial charge in [0.15, 0.2) is 0 Å². The third-order valence-electron chi connectivity index (χ3n) is 4.42. The highest BCUT2D eigenvalue weighted by Gasteiger charge is 2.42. The Balaban J connectivity index is 1.79. The molecule has 1 saturated carbocycles. The van der Waals surface area contributed by atoms with Crippen LogP contribution in [0.3, 0.4) is 0 Å². The van der Waals surface area contributed by atoms with Crippen molar-refractivity contribution in [2.75, 3.05) is 26.2 Å². The molecular weight excluding hydrogens is 242 g/mol. The summed E-state index contributed by atoms with van der Waals surface area (Å²) in [4.78, 5) is 13.5. The summed E-state index contributed by atoms with van der Waals surface area (Å²) < 4.78 is 4.85. The third-order valence-corrected chi connectivity index (χ3v) is 4.42. The Hall–Kier alpha value is -0.870. The molecule has 4 nitrogen and oxygen atoms in total. The van der Waals surface area contributed by atoms with E-state index in [1.54, 1.807) is 6.92 Å². The predicted molar refractivity (Wildman–Crippen MR) is 73.7 cm³/mol. The zero-order chi connectivity index (χ0) is 13.7. The Morgan fingerprint density at radius 3 is 3.11 bits per heavy atom. The highest BCUT2D eigenvalue weighted by atomic mass is 16.5. The molecule has 0 amide bonds. The minimum absolute atomic E-state index is 0.270. The van der Waals surface area contributed by atoms with E-state index in [0.717, 1.165) is 45.3 Å². The van der Waals surface area contributed by atoms with E-state index in [-0.39, 0.29) is 5.97 Å². The molecule has 2 fully saturated rings. The molecule has 0 spiro atoms. The first kappa shape index (κ1) is 14.5. The van der Waals surface area contributed by atoms with Crippen LogP contribution in [0.2, 0.25) is 0 Å². The van der Waals surface area contributed by atoms with Crippen molar-refractivity contribution in [2.45, 2.75) is 44.6 Å². The molecule has 0 aromatic carbocycles. The molecule has 1 N–H and O–H groups in total. The molecule has 2 unspecified atom stereocenters. The fourth-order valence-electron chi connectivity index (χ4n) is 3.29. The van der Waals surface area contributed by atoms with Gasteiger partial charge in [0, 0.05) is 31.6 Å². The van der Waals surface area contributed by atoms with E-state index < -0.39 is 5.60 Å². The minimum atomic E-state index is -0.417. The quantitative estimate of drug-likeness (QED) is 0.622. The number of likely N-dealkylation sites (tertiary alicyclic amines) is 1. The Morgan fingerprint density at radius 2 is 2.32 bits per heavy atom. The lowest BCUT2D eigenvalue weighted by molar-refractivity contribution is -0.137. The topological polar surface area (TPSA) is 49.8 Å². The summed E-state index contributed by atoms with van der Waals surface area (Å²) in [5.74, 6) is 0.139. The molecule has 1 saturated heterocycles. The fourth-order valence-corrected chi connectivity index (χ4v) is 3.29. The molecule has 2 atom stereocenters. The number of ether oxygens (including phenoxy) is 1. The third kappa shape index (κ3) is 3.80. The van der Waals surface area contributed by atoms with E-state index in [4.69, 9.17) is 4.74 Å². The number of piperidine rings is 1. The van der Waals surface area contributed by atoms with E-state index in [1.807, 2.05) is 6.08 Å². The number of aliphatic hydroxyl groups is 1. The lowest BCUT2D eigenvalue weighted by Gasteiger charge is -2.47. The van der Waals surface area contributed by atoms with Gasteiger partial charge in [0.25, 0.3) is 0 Å².